The van der Waals surface area contributed by atoms with Gasteiger partial charge in [-0.2, -0.15) is 0 Å². The van der Waals surface area contributed by atoms with Gasteiger partial charge in [0.2, 0.25) is 5.91 Å². The summed E-state index contributed by atoms with van der Waals surface area (Å²) in [5.74, 6) is 1.04. The van der Waals surface area contributed by atoms with Crippen molar-refractivity contribution in [3.05, 3.63) is 21.4 Å². The Morgan fingerprint density at radius 1 is 1.33 bits per heavy atom. The predicted molar refractivity (Wildman–Crippen MR) is 97.4 cm³/mol. The highest BCUT2D eigenvalue weighted by Crippen LogP contribution is 2.33. The second-order valence-electron chi connectivity index (χ2n) is 7.47. The van der Waals surface area contributed by atoms with Gasteiger partial charge < -0.3 is 10.2 Å². The highest BCUT2D eigenvalue weighted by molar-refractivity contribution is 7.14. The Hall–Kier alpha value is -1.36. The molecule has 1 fully saturated rings. The van der Waals surface area contributed by atoms with E-state index in [4.69, 9.17) is 0 Å². The third-order valence-electron chi connectivity index (χ3n) is 5.08. The molecular weight excluding hydrogens is 320 g/mol. The normalized spacial score (nSPS) is 20.3. The zero-order valence-electron chi connectivity index (χ0n) is 14.8. The first-order chi connectivity index (χ1) is 11.5. The first kappa shape index (κ1) is 17.5. The second-order valence-corrected chi connectivity index (χ2v) is 8.61. The Bertz CT molecular complexity index is 603. The van der Waals surface area contributed by atoms with E-state index in [2.05, 4.69) is 19.2 Å². The molecule has 24 heavy (non-hydrogen) atoms. The number of fused-ring (bicyclic) bond motifs is 1. The number of aryl methyl sites for hydroxylation is 1. The maximum atomic E-state index is 12.5. The molecule has 1 aliphatic carbocycles. The van der Waals surface area contributed by atoms with Crippen molar-refractivity contribution in [1.82, 2.24) is 10.2 Å². The van der Waals surface area contributed by atoms with Gasteiger partial charge in [-0.15, -0.1) is 11.3 Å². The number of likely N-dealkylation sites (tertiary alicyclic amines) is 1. The number of carbonyl (C=O) groups excluding carboxylic acids is 2. The van der Waals surface area contributed by atoms with Crippen molar-refractivity contribution in [3.8, 4) is 0 Å². The van der Waals surface area contributed by atoms with Crippen LogP contribution in [0.5, 0.6) is 0 Å². The predicted octanol–water partition coefficient (Wildman–Crippen LogP) is 3.25. The van der Waals surface area contributed by atoms with Crippen LogP contribution in [0.4, 0.5) is 0 Å². The summed E-state index contributed by atoms with van der Waals surface area (Å²) in [5, 5.41) is 3.08. The van der Waals surface area contributed by atoms with Crippen LogP contribution in [0.2, 0.25) is 0 Å². The van der Waals surface area contributed by atoms with Gasteiger partial charge in [-0.1, -0.05) is 13.8 Å². The Morgan fingerprint density at radius 2 is 2.08 bits per heavy atom. The lowest BCUT2D eigenvalue weighted by Gasteiger charge is -2.21. The van der Waals surface area contributed by atoms with Crippen LogP contribution in [0.25, 0.3) is 0 Å². The zero-order valence-corrected chi connectivity index (χ0v) is 15.6. The minimum Gasteiger partial charge on any atom is -0.356 e. The van der Waals surface area contributed by atoms with E-state index in [1.165, 1.54) is 10.4 Å². The SMILES string of the molecule is CC(C)CCNC(=O)[C@@H]1CCc2sc(C(=O)N3CCCC3)cc2C1. The third-order valence-corrected chi connectivity index (χ3v) is 6.30. The molecule has 1 atom stereocenters. The average Bonchev–Trinajstić information content (AvgIpc) is 3.22. The fraction of sp³-hybridized carbons (Fsp3) is 0.684. The van der Waals surface area contributed by atoms with Crippen LogP contribution in [-0.4, -0.2) is 36.3 Å². The first-order valence-electron chi connectivity index (χ1n) is 9.23. The van der Waals surface area contributed by atoms with E-state index in [9.17, 15) is 9.59 Å². The lowest BCUT2D eigenvalue weighted by atomic mass is 9.87. The molecule has 1 aromatic rings. The Kier molecular flexibility index (Phi) is 5.59. The van der Waals surface area contributed by atoms with E-state index in [1.807, 2.05) is 11.0 Å². The first-order valence-corrected chi connectivity index (χ1v) is 10.0. The number of hydrogen-bond acceptors (Lipinski definition) is 3. The molecule has 0 radical (unpaired) electrons. The van der Waals surface area contributed by atoms with Crippen LogP contribution in [-0.2, 0) is 17.6 Å². The zero-order chi connectivity index (χ0) is 17.1. The number of amides is 2. The Balaban J connectivity index is 1.59. The van der Waals surface area contributed by atoms with E-state index < -0.39 is 0 Å². The average molecular weight is 349 g/mol. The highest BCUT2D eigenvalue weighted by Gasteiger charge is 2.28. The smallest absolute Gasteiger partial charge is 0.263 e. The molecule has 1 N–H and O–H groups in total. The summed E-state index contributed by atoms with van der Waals surface area (Å²) in [5.41, 5.74) is 1.22. The summed E-state index contributed by atoms with van der Waals surface area (Å²) in [6, 6.07) is 2.05. The molecule has 1 saturated heterocycles. The molecule has 2 heterocycles. The molecule has 2 amide bonds. The molecule has 4 nitrogen and oxygen atoms in total. The van der Waals surface area contributed by atoms with Crippen molar-refractivity contribution in [1.29, 1.82) is 0 Å². The van der Waals surface area contributed by atoms with Crippen molar-refractivity contribution in [3.63, 3.8) is 0 Å². The molecule has 0 bridgehead atoms. The topological polar surface area (TPSA) is 49.4 Å². The lowest BCUT2D eigenvalue weighted by molar-refractivity contribution is -0.125. The quantitative estimate of drug-likeness (QED) is 0.888. The summed E-state index contributed by atoms with van der Waals surface area (Å²) in [6.45, 7) is 6.89. The monoisotopic (exact) mass is 348 g/mol. The molecule has 3 rings (SSSR count). The summed E-state index contributed by atoms with van der Waals surface area (Å²) in [4.78, 5) is 29.0. The van der Waals surface area contributed by atoms with Gasteiger partial charge in [-0.3, -0.25) is 9.59 Å². The summed E-state index contributed by atoms with van der Waals surface area (Å²) >= 11 is 1.64. The van der Waals surface area contributed by atoms with Crippen molar-refractivity contribution < 1.29 is 9.59 Å². The minimum absolute atomic E-state index is 0.0639. The number of nitrogens with one attached hydrogen (secondary N) is 1. The van der Waals surface area contributed by atoms with Crippen LogP contribution in [0.3, 0.4) is 0 Å². The van der Waals surface area contributed by atoms with Gasteiger partial charge in [0.15, 0.2) is 0 Å². The second kappa shape index (κ2) is 7.68. The third kappa shape index (κ3) is 4.00. The van der Waals surface area contributed by atoms with Gasteiger partial charge in [0.05, 0.1) is 4.88 Å². The van der Waals surface area contributed by atoms with Crippen molar-refractivity contribution in [2.24, 2.45) is 11.8 Å². The van der Waals surface area contributed by atoms with E-state index in [1.54, 1.807) is 11.3 Å². The number of rotatable bonds is 5. The lowest BCUT2D eigenvalue weighted by Crippen LogP contribution is -2.34. The van der Waals surface area contributed by atoms with Crippen LogP contribution in [0.15, 0.2) is 6.07 Å². The highest BCUT2D eigenvalue weighted by atomic mass is 32.1. The largest absolute Gasteiger partial charge is 0.356 e. The molecule has 0 saturated carbocycles. The maximum absolute atomic E-state index is 12.5. The fourth-order valence-corrected chi connectivity index (χ4v) is 4.73. The van der Waals surface area contributed by atoms with E-state index >= 15 is 0 Å². The van der Waals surface area contributed by atoms with Gasteiger partial charge in [0.1, 0.15) is 0 Å². The van der Waals surface area contributed by atoms with Gasteiger partial charge in [0, 0.05) is 30.4 Å². The maximum Gasteiger partial charge on any atom is 0.263 e. The number of hydrogen-bond donors (Lipinski definition) is 1. The standard InChI is InChI=1S/C19H28N2O2S/c1-13(2)7-8-20-18(22)14-5-6-16-15(11-14)12-17(24-16)19(23)21-9-3-4-10-21/h12-14H,3-11H2,1-2H3,(H,20,22)/t14-/m1/s1. The summed E-state index contributed by atoms with van der Waals surface area (Å²) in [7, 11) is 0. The van der Waals surface area contributed by atoms with Gasteiger partial charge in [-0.25, -0.2) is 0 Å². The Morgan fingerprint density at radius 3 is 2.79 bits per heavy atom. The molecular formula is C19H28N2O2S. The van der Waals surface area contributed by atoms with Crippen molar-refractivity contribution in [2.75, 3.05) is 19.6 Å². The molecule has 0 unspecified atom stereocenters. The Labute approximate surface area is 148 Å². The van der Waals surface area contributed by atoms with Crippen LogP contribution < -0.4 is 5.32 Å². The number of thiophene rings is 1. The molecule has 0 aromatic carbocycles. The molecule has 1 aromatic heterocycles. The molecule has 5 heteroatoms. The van der Waals surface area contributed by atoms with Crippen molar-refractivity contribution in [2.45, 2.75) is 52.4 Å². The van der Waals surface area contributed by atoms with Gasteiger partial charge in [0.25, 0.3) is 5.91 Å². The van der Waals surface area contributed by atoms with Gasteiger partial charge >= 0.3 is 0 Å². The van der Waals surface area contributed by atoms with Crippen LogP contribution in [0.1, 0.15) is 59.6 Å². The fourth-order valence-electron chi connectivity index (χ4n) is 3.56. The van der Waals surface area contributed by atoms with Crippen LogP contribution in [0, 0.1) is 11.8 Å². The van der Waals surface area contributed by atoms with Crippen molar-refractivity contribution >= 4 is 23.2 Å². The molecule has 2 aliphatic rings. The summed E-state index contributed by atoms with van der Waals surface area (Å²) < 4.78 is 0. The molecule has 1 aliphatic heterocycles. The molecule has 0 spiro atoms. The summed E-state index contributed by atoms with van der Waals surface area (Å²) in [6.07, 6.45) is 5.88. The van der Waals surface area contributed by atoms with Gasteiger partial charge in [-0.05, 0) is 56.1 Å². The number of carbonyl (C=O) groups is 2. The van der Waals surface area contributed by atoms with E-state index in [0.29, 0.717) is 5.92 Å². The van der Waals surface area contributed by atoms with E-state index in [-0.39, 0.29) is 17.7 Å². The number of nitrogens with zero attached hydrogens (tertiary/aromatic N) is 1. The van der Waals surface area contributed by atoms with Crippen LogP contribution >= 0.6 is 11.3 Å². The minimum atomic E-state index is 0.0639. The van der Waals surface area contributed by atoms with E-state index in [0.717, 1.165) is 63.0 Å². The molecule has 132 valence electrons.